The van der Waals surface area contributed by atoms with Crippen LogP contribution < -0.4 is 20.1 Å². The van der Waals surface area contributed by atoms with Gasteiger partial charge in [0, 0.05) is 39.1 Å². The molecule has 0 radical (unpaired) electrons. The van der Waals surface area contributed by atoms with Crippen LogP contribution in [0.1, 0.15) is 5.56 Å². The molecule has 0 saturated heterocycles. The van der Waals surface area contributed by atoms with E-state index < -0.39 is 0 Å². The largest absolute Gasteiger partial charge is 0.497 e. The fourth-order valence-electron chi connectivity index (χ4n) is 2.44. The molecule has 0 amide bonds. The van der Waals surface area contributed by atoms with Gasteiger partial charge >= 0.3 is 0 Å². The summed E-state index contributed by atoms with van der Waals surface area (Å²) in [5.41, 5.74) is 1.10. The van der Waals surface area contributed by atoms with Crippen molar-refractivity contribution in [3.05, 3.63) is 48.3 Å². The third-order valence-electron chi connectivity index (χ3n) is 3.73. The summed E-state index contributed by atoms with van der Waals surface area (Å²) in [6, 6.07) is 9.88. The lowest BCUT2D eigenvalue weighted by Crippen LogP contribution is -2.39. The van der Waals surface area contributed by atoms with Gasteiger partial charge in [0.2, 0.25) is 0 Å². The molecule has 2 aromatic rings. The van der Waals surface area contributed by atoms with Crippen molar-refractivity contribution in [1.82, 2.24) is 15.2 Å². The lowest BCUT2D eigenvalue weighted by atomic mass is 10.1. The monoisotopic (exact) mass is 330 g/mol. The molecule has 130 valence electrons. The Morgan fingerprint density at radius 1 is 1.08 bits per heavy atom. The molecule has 0 bridgehead atoms. The topological polar surface area (TPSA) is 59.8 Å². The van der Waals surface area contributed by atoms with Gasteiger partial charge in [0.15, 0.2) is 5.96 Å². The minimum atomic E-state index is 0.757. The van der Waals surface area contributed by atoms with E-state index >= 15 is 0 Å². The Balaban J connectivity index is 1.79. The van der Waals surface area contributed by atoms with Crippen molar-refractivity contribution in [3.63, 3.8) is 0 Å². The van der Waals surface area contributed by atoms with Crippen molar-refractivity contribution in [2.75, 3.05) is 34.4 Å². The van der Waals surface area contributed by atoms with Gasteiger partial charge in [-0.25, -0.2) is 0 Å². The van der Waals surface area contributed by atoms with Crippen LogP contribution in [0.4, 0.5) is 0 Å². The summed E-state index contributed by atoms with van der Waals surface area (Å²) in [6.45, 7) is 2.47. The number of aromatic nitrogens is 1. The second-order valence-corrected chi connectivity index (χ2v) is 5.27. The Hall–Kier alpha value is -2.63. The zero-order valence-corrected chi connectivity index (χ0v) is 14.6. The predicted molar refractivity (Wildman–Crippen MR) is 97.0 cm³/mol. The summed E-state index contributed by atoms with van der Waals surface area (Å²) in [6.07, 6.45) is 4.92. The van der Waals surface area contributed by atoms with Crippen molar-refractivity contribution in [2.45, 2.75) is 13.0 Å². The van der Waals surface area contributed by atoms with Gasteiger partial charge in [-0.3, -0.25) is 4.99 Å². The molecular formula is C18H26N4O2. The van der Waals surface area contributed by atoms with E-state index in [0.717, 1.165) is 49.1 Å². The molecule has 24 heavy (non-hydrogen) atoms. The summed E-state index contributed by atoms with van der Waals surface area (Å²) in [5, 5.41) is 6.63. The van der Waals surface area contributed by atoms with Crippen molar-refractivity contribution in [1.29, 1.82) is 0 Å². The average Bonchev–Trinajstić information content (AvgIpc) is 3.13. The Morgan fingerprint density at radius 3 is 2.50 bits per heavy atom. The van der Waals surface area contributed by atoms with E-state index in [1.54, 1.807) is 21.3 Å². The van der Waals surface area contributed by atoms with Gasteiger partial charge in [-0.2, -0.15) is 0 Å². The first kappa shape index (κ1) is 17.7. The predicted octanol–water partition coefficient (Wildman–Crippen LogP) is 1.91. The molecule has 0 spiro atoms. The molecule has 6 nitrogen and oxygen atoms in total. The average molecular weight is 330 g/mol. The Morgan fingerprint density at radius 2 is 1.83 bits per heavy atom. The second-order valence-electron chi connectivity index (χ2n) is 5.27. The van der Waals surface area contributed by atoms with Crippen LogP contribution in [0.2, 0.25) is 0 Å². The lowest BCUT2D eigenvalue weighted by molar-refractivity contribution is 0.398. The lowest BCUT2D eigenvalue weighted by Gasteiger charge is -2.14. The molecule has 0 saturated carbocycles. The van der Waals surface area contributed by atoms with Crippen LogP contribution in [0.3, 0.4) is 0 Å². The van der Waals surface area contributed by atoms with Gasteiger partial charge in [0.1, 0.15) is 11.5 Å². The fraction of sp³-hybridized carbons (Fsp3) is 0.389. The van der Waals surface area contributed by atoms with Gasteiger partial charge in [-0.1, -0.05) is 0 Å². The molecule has 0 unspecified atom stereocenters. The minimum Gasteiger partial charge on any atom is -0.497 e. The van der Waals surface area contributed by atoms with Crippen LogP contribution in [0.5, 0.6) is 11.5 Å². The van der Waals surface area contributed by atoms with E-state index in [2.05, 4.69) is 20.2 Å². The smallest absolute Gasteiger partial charge is 0.191 e. The SMILES string of the molecule is CN=C(NCCc1cc(OC)ccc1OC)NCCn1cccc1. The highest BCUT2D eigenvalue weighted by Crippen LogP contribution is 2.24. The van der Waals surface area contributed by atoms with Crippen LogP contribution in [0.15, 0.2) is 47.7 Å². The summed E-state index contributed by atoms with van der Waals surface area (Å²) in [4.78, 5) is 4.24. The number of ether oxygens (including phenoxy) is 2. The van der Waals surface area contributed by atoms with E-state index in [1.165, 1.54) is 0 Å². The Bertz CT molecular complexity index is 638. The van der Waals surface area contributed by atoms with Crippen LogP contribution in [0.25, 0.3) is 0 Å². The molecule has 0 fully saturated rings. The quantitative estimate of drug-likeness (QED) is 0.573. The molecule has 6 heteroatoms. The first-order chi connectivity index (χ1) is 11.8. The van der Waals surface area contributed by atoms with Gasteiger partial charge in [0.05, 0.1) is 14.2 Å². The zero-order chi connectivity index (χ0) is 17.2. The van der Waals surface area contributed by atoms with E-state index in [-0.39, 0.29) is 0 Å². The normalized spacial score (nSPS) is 11.2. The van der Waals surface area contributed by atoms with Crippen molar-refractivity contribution >= 4 is 5.96 Å². The number of rotatable bonds is 8. The number of aliphatic imine (C=N–C) groups is 1. The summed E-state index contributed by atoms with van der Waals surface area (Å²) >= 11 is 0. The summed E-state index contributed by atoms with van der Waals surface area (Å²) < 4.78 is 12.8. The highest BCUT2D eigenvalue weighted by molar-refractivity contribution is 5.79. The number of hydrogen-bond acceptors (Lipinski definition) is 3. The first-order valence-electron chi connectivity index (χ1n) is 8.03. The maximum atomic E-state index is 5.40. The highest BCUT2D eigenvalue weighted by Gasteiger charge is 2.05. The third kappa shape index (κ3) is 5.22. The Kier molecular flexibility index (Phi) is 7.01. The maximum absolute atomic E-state index is 5.40. The molecule has 1 heterocycles. The number of nitrogens with zero attached hydrogens (tertiary/aromatic N) is 2. The van der Waals surface area contributed by atoms with Gasteiger partial charge in [-0.15, -0.1) is 0 Å². The first-order valence-corrected chi connectivity index (χ1v) is 8.03. The van der Waals surface area contributed by atoms with E-state index in [1.807, 2.05) is 42.7 Å². The number of hydrogen-bond donors (Lipinski definition) is 2. The van der Waals surface area contributed by atoms with Crippen LogP contribution in [-0.4, -0.2) is 44.9 Å². The molecule has 0 aliphatic carbocycles. The maximum Gasteiger partial charge on any atom is 0.191 e. The van der Waals surface area contributed by atoms with Gasteiger partial charge in [0.25, 0.3) is 0 Å². The molecule has 1 aromatic carbocycles. The molecule has 0 aliphatic heterocycles. The Labute approximate surface area is 143 Å². The summed E-state index contributed by atoms with van der Waals surface area (Å²) in [7, 11) is 5.12. The minimum absolute atomic E-state index is 0.757. The molecule has 0 aliphatic rings. The van der Waals surface area contributed by atoms with Crippen molar-refractivity contribution in [2.24, 2.45) is 4.99 Å². The van der Waals surface area contributed by atoms with Crippen LogP contribution in [0, 0.1) is 0 Å². The van der Waals surface area contributed by atoms with Gasteiger partial charge < -0.3 is 24.7 Å². The standard InChI is InChI=1S/C18H26N4O2/c1-19-18(21-10-13-22-11-4-5-12-22)20-9-8-15-14-16(23-2)6-7-17(15)24-3/h4-7,11-12,14H,8-10,13H2,1-3H3,(H2,19,20,21). The fourth-order valence-corrected chi connectivity index (χ4v) is 2.44. The zero-order valence-electron chi connectivity index (χ0n) is 14.6. The van der Waals surface area contributed by atoms with Crippen molar-refractivity contribution < 1.29 is 9.47 Å². The number of methoxy groups -OCH3 is 2. The van der Waals surface area contributed by atoms with E-state index in [4.69, 9.17) is 9.47 Å². The summed E-state index contributed by atoms with van der Waals surface area (Å²) in [5.74, 6) is 2.50. The molecule has 2 N–H and O–H groups in total. The second kappa shape index (κ2) is 9.50. The number of benzene rings is 1. The van der Waals surface area contributed by atoms with Crippen molar-refractivity contribution in [3.8, 4) is 11.5 Å². The third-order valence-corrected chi connectivity index (χ3v) is 3.73. The van der Waals surface area contributed by atoms with Gasteiger partial charge in [-0.05, 0) is 42.3 Å². The van der Waals surface area contributed by atoms with Crippen LogP contribution in [-0.2, 0) is 13.0 Å². The molecule has 2 rings (SSSR count). The van der Waals surface area contributed by atoms with Crippen LogP contribution >= 0.6 is 0 Å². The number of nitrogens with one attached hydrogen (secondary N) is 2. The number of guanidine groups is 1. The molecule has 1 aromatic heterocycles. The van der Waals surface area contributed by atoms with E-state index in [0.29, 0.717) is 0 Å². The molecular weight excluding hydrogens is 304 g/mol. The highest BCUT2D eigenvalue weighted by atomic mass is 16.5. The van der Waals surface area contributed by atoms with E-state index in [9.17, 15) is 0 Å². The molecule has 0 atom stereocenters.